The van der Waals surface area contributed by atoms with E-state index in [0.717, 1.165) is 92.4 Å². The molecule has 0 aromatic heterocycles. The summed E-state index contributed by atoms with van der Waals surface area (Å²) in [7, 11) is -8.26. The molecule has 0 heterocycles. The Balaban J connectivity index is 0.000000230. The van der Waals surface area contributed by atoms with E-state index in [4.69, 9.17) is 8.85 Å². The van der Waals surface area contributed by atoms with E-state index in [0.29, 0.717) is 78.9 Å². The van der Waals surface area contributed by atoms with Crippen LogP contribution in [0.4, 0.5) is 0 Å². The van der Waals surface area contributed by atoms with Crippen LogP contribution in [0.3, 0.4) is 0 Å². The third kappa shape index (κ3) is 22.4. The largest absolute Gasteiger partial charge is 0.413 e. The van der Waals surface area contributed by atoms with Gasteiger partial charge in [-0.1, -0.05) is 228 Å². The van der Waals surface area contributed by atoms with E-state index in [1.807, 2.05) is 121 Å². The minimum Gasteiger partial charge on any atom is -0.413 e. The number of fused-ring (bicyclic) bond motifs is 2. The molecule has 0 amide bonds. The molecule has 7 fully saturated rings. The van der Waals surface area contributed by atoms with Gasteiger partial charge in [0, 0.05) is 71.4 Å². The lowest BCUT2D eigenvalue weighted by Crippen LogP contribution is -2.49. The van der Waals surface area contributed by atoms with Crippen molar-refractivity contribution in [2.75, 3.05) is 31.8 Å². The Morgan fingerprint density at radius 2 is 0.910 bits per heavy atom. The lowest BCUT2D eigenvalue weighted by molar-refractivity contribution is 0.0855. The summed E-state index contributed by atoms with van der Waals surface area (Å²) in [5.41, 5.74) is 9.21. The van der Waals surface area contributed by atoms with Gasteiger partial charge in [0.2, 0.25) is 0 Å². The number of aliphatic hydroxyl groups is 4. The highest BCUT2D eigenvalue weighted by molar-refractivity contribution is 7.94. The fourth-order valence-electron chi connectivity index (χ4n) is 18.9. The van der Waals surface area contributed by atoms with Crippen LogP contribution in [0.2, 0.25) is 36.3 Å². The first-order valence-corrected chi connectivity index (χ1v) is 52.0. The molecular weight excluding hydrogens is 1500 g/mol. The molecule has 11 rings (SSSR count). The minimum atomic E-state index is -2.87. The summed E-state index contributed by atoms with van der Waals surface area (Å²) in [5.74, 6) is 4.61. The summed E-state index contributed by atoms with van der Waals surface area (Å²) in [6.45, 7) is 45.3. The van der Waals surface area contributed by atoms with Crippen molar-refractivity contribution in [2.45, 2.75) is 267 Å². The summed E-state index contributed by atoms with van der Waals surface area (Å²) in [6, 6.07) is 39.3. The standard InChI is InChI=1S/C33H51O3PSi2.2C30H43NO3S.2H2S/c1-26-27(22-23-37(34,29-18-14-12-15-19-29)30-20-16-13-17-21-30)24-28(35-38(8,9)32(2,3)4)25-31(26)36-39(10,11)33(5,6)7;2*1-21(16-18-35(34,31-4)26-10-6-5-7-11-26)27-14-15-28-23(9-8-17-30(27,28)3)12-13-24-19-25(32)20-29(33)22(24)2;;/h12-22,28,31H,1,23-25H2,2-11H3;2*5-7,10-13,21,25,27-29,32-33H,2,8-9,14-20H2,1,3-4H3;2*1H2/b27-22-;2*23-12+,24-13-;;/t28-,31+;21-,25+,27-,28+,29-,30-,35?;21-,25-,27-,28+,29+,30-,35?;;/m111../s1. The lowest BCUT2D eigenvalue weighted by atomic mass is 9.61. The van der Waals surface area contributed by atoms with Gasteiger partial charge in [-0.25, -0.2) is 17.1 Å². The van der Waals surface area contributed by atoms with Crippen molar-refractivity contribution in [1.82, 2.24) is 0 Å². The molecule has 111 heavy (non-hydrogen) atoms. The first kappa shape index (κ1) is 94.0. The van der Waals surface area contributed by atoms with Crippen LogP contribution in [0.1, 0.15) is 185 Å². The van der Waals surface area contributed by atoms with E-state index >= 15 is 0 Å². The Labute approximate surface area is 688 Å². The van der Waals surface area contributed by atoms with Crippen LogP contribution in [0, 0.1) is 46.3 Å². The van der Waals surface area contributed by atoms with Crippen LogP contribution in [0.25, 0.3) is 0 Å². The predicted molar refractivity (Wildman–Crippen MR) is 485 cm³/mol. The third-order valence-electron chi connectivity index (χ3n) is 27.7. The smallest absolute Gasteiger partial charge is 0.192 e. The molecule has 2 unspecified atom stereocenters. The third-order valence-corrected chi connectivity index (χ3v) is 44.4. The summed E-state index contributed by atoms with van der Waals surface area (Å²) in [4.78, 5) is 1.70. The van der Waals surface area contributed by atoms with E-state index in [1.165, 1.54) is 62.5 Å². The molecule has 18 heteroatoms. The first-order valence-electron chi connectivity index (χ1n) is 40.9. The molecule has 7 aliphatic rings. The van der Waals surface area contributed by atoms with Gasteiger partial charge in [0.1, 0.15) is 7.14 Å². The van der Waals surface area contributed by atoms with E-state index in [9.17, 15) is 33.4 Å². The summed E-state index contributed by atoms with van der Waals surface area (Å²) >= 11 is 0. The second-order valence-corrected chi connectivity index (χ2v) is 54.1. The fraction of sp³-hybridized carbons (Fsp3) is 0.570. The van der Waals surface area contributed by atoms with Crippen molar-refractivity contribution in [1.29, 1.82) is 0 Å². The second-order valence-electron chi connectivity index (χ2n) is 36.7. The van der Waals surface area contributed by atoms with Gasteiger partial charge in [0.05, 0.1) is 56.1 Å². The van der Waals surface area contributed by atoms with Crippen LogP contribution >= 0.6 is 34.1 Å². The van der Waals surface area contributed by atoms with Crippen molar-refractivity contribution in [3.05, 3.63) is 216 Å². The topological polar surface area (TPSA) is 175 Å². The average Bonchev–Trinajstić information content (AvgIpc) is 1.63. The van der Waals surface area contributed by atoms with E-state index in [1.54, 1.807) is 14.1 Å². The first-order chi connectivity index (χ1) is 51.2. The monoisotopic (exact) mass is 1640 g/mol. The number of benzene rings is 4. The molecular formula is C93H141N2O9PS4Si2. The van der Waals surface area contributed by atoms with E-state index in [-0.39, 0.29) is 60.1 Å². The van der Waals surface area contributed by atoms with Crippen LogP contribution in [-0.2, 0) is 32.9 Å². The Bertz CT molecular complexity index is 4060. The minimum absolute atomic E-state index is 0. The SMILES string of the molecule is C=C1/C(=C\C=C2/CCC[C@]3(C)[C@@H]([C@H](C)CCS(=O)(=NC)c4ccccc4)CC[C@@H]23)C[C@@H](O)C[C@@H]1O.C=C1/C(=C\C=C2/CCC[C@]3(C)[C@@H]([C@H](C)CCS(=O)(=NC)c4ccccc4)CC[C@@H]23)C[C@H](O)C[C@H]1O.C=C1/C(=C\CP(=O)(c2ccccc2)c2ccccc2)C[C@@H](O[Si](C)(C)C(C)(C)C)C[C@@H]1O[Si](C)(C)C(C)(C)C.S.S. The molecule has 4 N–H and O–H groups in total. The maximum absolute atomic E-state index is 14.7. The molecule has 4 aromatic carbocycles. The van der Waals surface area contributed by atoms with Gasteiger partial charge in [-0.3, -0.25) is 0 Å². The predicted octanol–water partition coefficient (Wildman–Crippen LogP) is 21.9. The molecule has 0 radical (unpaired) electrons. The van der Waals surface area contributed by atoms with Gasteiger partial charge in [-0.2, -0.15) is 27.0 Å². The van der Waals surface area contributed by atoms with Crippen molar-refractivity contribution in [3.63, 3.8) is 0 Å². The Hall–Kier alpha value is -4.18. The number of allylic oxidation sites excluding steroid dienone is 7. The van der Waals surface area contributed by atoms with Gasteiger partial charge in [0.25, 0.3) is 0 Å². The van der Waals surface area contributed by atoms with Crippen LogP contribution in [-0.4, -0.2) is 114 Å². The van der Waals surface area contributed by atoms with Gasteiger partial charge >= 0.3 is 0 Å². The highest BCUT2D eigenvalue weighted by Gasteiger charge is 2.53. The van der Waals surface area contributed by atoms with E-state index in [2.05, 4.69) is 154 Å². The van der Waals surface area contributed by atoms with Crippen molar-refractivity contribution in [3.8, 4) is 0 Å². The number of rotatable bonds is 20. The van der Waals surface area contributed by atoms with Gasteiger partial charge in [-0.15, -0.1) is 0 Å². The van der Waals surface area contributed by atoms with Crippen molar-refractivity contribution >= 4 is 80.8 Å². The fourth-order valence-corrected chi connectivity index (χ4v) is 27.9. The van der Waals surface area contributed by atoms with Crippen LogP contribution in [0.15, 0.2) is 235 Å². The quantitative estimate of drug-likeness (QED) is 0.0496. The molecule has 11 nitrogen and oxygen atoms in total. The molecule has 0 bridgehead atoms. The zero-order valence-corrected chi connectivity index (χ0v) is 76.8. The highest BCUT2D eigenvalue weighted by atomic mass is 32.2. The number of aliphatic hydroxyl groups excluding tert-OH is 4. The molecule has 4 aromatic rings. The normalized spacial score (nSPS) is 30.1. The Kier molecular flexibility index (Phi) is 33.3. The van der Waals surface area contributed by atoms with Gasteiger partial charge < -0.3 is 33.8 Å². The molecule has 0 spiro atoms. The average molecular weight is 1650 g/mol. The Morgan fingerprint density at radius 1 is 0.541 bits per heavy atom. The van der Waals surface area contributed by atoms with Crippen molar-refractivity contribution < 1.29 is 42.3 Å². The molecule has 7 saturated carbocycles. The van der Waals surface area contributed by atoms with Gasteiger partial charge in [-0.05, 0) is 237 Å². The van der Waals surface area contributed by atoms with Gasteiger partial charge in [0.15, 0.2) is 16.6 Å². The molecule has 16 atom stereocenters. The molecule has 7 aliphatic carbocycles. The summed E-state index contributed by atoms with van der Waals surface area (Å²) in [5, 5.41) is 42.6. The number of nitrogens with zero attached hydrogens (tertiary/aromatic N) is 2. The van der Waals surface area contributed by atoms with Crippen molar-refractivity contribution in [2.24, 2.45) is 55.1 Å². The number of hydrogen-bond donors (Lipinski definition) is 4. The second kappa shape index (κ2) is 39.4. The number of hydrogen-bond acceptors (Lipinski definition) is 11. The zero-order valence-electron chi connectivity index (χ0n) is 70.3. The lowest BCUT2D eigenvalue weighted by Gasteiger charge is -2.45. The van der Waals surface area contributed by atoms with E-state index < -0.39 is 67.7 Å². The molecule has 614 valence electrons. The molecule has 0 saturated heterocycles. The summed E-state index contributed by atoms with van der Waals surface area (Å²) in [6.07, 6.45) is 26.5. The Morgan fingerprint density at radius 3 is 1.28 bits per heavy atom. The highest BCUT2D eigenvalue weighted by Crippen LogP contribution is 2.62. The maximum Gasteiger partial charge on any atom is 0.192 e. The summed E-state index contributed by atoms with van der Waals surface area (Å²) < 4.78 is 64.5. The van der Waals surface area contributed by atoms with Crippen LogP contribution < -0.4 is 10.6 Å². The zero-order chi connectivity index (χ0) is 79.7. The maximum atomic E-state index is 14.7. The van der Waals surface area contributed by atoms with Crippen LogP contribution in [0.5, 0.6) is 0 Å². The molecule has 0 aliphatic heterocycles.